The zero-order valence-electron chi connectivity index (χ0n) is 19.4. The molecule has 4 rings (SSSR count). The van der Waals surface area contributed by atoms with Gasteiger partial charge in [-0.25, -0.2) is 0 Å². The maximum Gasteiger partial charge on any atom is 0.227 e. The highest BCUT2D eigenvalue weighted by Gasteiger charge is 2.43. The number of nitriles is 1. The fourth-order valence-electron chi connectivity index (χ4n) is 4.69. The molecule has 0 unspecified atom stereocenters. The first-order valence-electron chi connectivity index (χ1n) is 12.3. The summed E-state index contributed by atoms with van der Waals surface area (Å²) in [6.07, 6.45) is 8.86. The van der Waals surface area contributed by atoms with Crippen LogP contribution in [-0.4, -0.2) is 50.3 Å². The van der Waals surface area contributed by atoms with Crippen molar-refractivity contribution < 1.29 is 14.3 Å². The van der Waals surface area contributed by atoms with Crippen molar-refractivity contribution in [1.29, 1.82) is 5.26 Å². The summed E-state index contributed by atoms with van der Waals surface area (Å²) in [4.78, 5) is 15.4. The fraction of sp³-hybridized carbons (Fsp3) is 0.692. The Morgan fingerprint density at radius 2 is 2.06 bits per heavy atom. The second-order valence-electron chi connectivity index (χ2n) is 9.95. The maximum absolute atomic E-state index is 13.3. The fourth-order valence-corrected chi connectivity index (χ4v) is 4.69. The number of carbonyl (C=O) groups is 1. The van der Waals surface area contributed by atoms with Gasteiger partial charge in [0.25, 0.3) is 0 Å². The van der Waals surface area contributed by atoms with Gasteiger partial charge in [0.1, 0.15) is 5.75 Å². The highest BCUT2D eigenvalue weighted by atomic mass is 16.5. The van der Waals surface area contributed by atoms with Crippen molar-refractivity contribution in [3.05, 3.63) is 29.3 Å². The molecule has 2 aliphatic carbocycles. The van der Waals surface area contributed by atoms with Crippen molar-refractivity contribution in [2.75, 3.05) is 33.4 Å². The number of aryl methyl sites for hydroxylation is 1. The Morgan fingerprint density at radius 3 is 2.72 bits per heavy atom. The average molecular weight is 440 g/mol. The van der Waals surface area contributed by atoms with Gasteiger partial charge in [0, 0.05) is 44.7 Å². The van der Waals surface area contributed by atoms with Crippen LogP contribution in [0, 0.1) is 22.7 Å². The summed E-state index contributed by atoms with van der Waals surface area (Å²) < 4.78 is 11.4. The molecule has 32 heavy (non-hydrogen) atoms. The molecule has 0 aromatic heterocycles. The lowest BCUT2D eigenvalue weighted by Crippen LogP contribution is -2.43. The zero-order valence-corrected chi connectivity index (χ0v) is 19.4. The second kappa shape index (κ2) is 10.7. The molecule has 174 valence electrons. The van der Waals surface area contributed by atoms with Crippen LogP contribution < -0.4 is 10.1 Å². The van der Waals surface area contributed by atoms with Crippen molar-refractivity contribution in [3.63, 3.8) is 0 Å². The summed E-state index contributed by atoms with van der Waals surface area (Å²) in [5.74, 6) is 1.27. The quantitative estimate of drug-likeness (QED) is 0.501. The number of hydrogen-bond acceptors (Lipinski definition) is 5. The number of methoxy groups -OCH3 is 1. The Kier molecular flexibility index (Phi) is 7.70. The van der Waals surface area contributed by atoms with Crippen molar-refractivity contribution >= 4 is 5.91 Å². The maximum atomic E-state index is 13.3. The van der Waals surface area contributed by atoms with E-state index in [4.69, 9.17) is 14.7 Å². The van der Waals surface area contributed by atoms with E-state index in [1.807, 2.05) is 0 Å². The third kappa shape index (κ3) is 6.24. The van der Waals surface area contributed by atoms with E-state index in [0.29, 0.717) is 31.5 Å². The van der Waals surface area contributed by atoms with Crippen molar-refractivity contribution in [3.8, 4) is 11.8 Å². The van der Waals surface area contributed by atoms with Crippen LogP contribution in [0.1, 0.15) is 62.5 Å². The Labute approximate surface area is 192 Å². The zero-order chi connectivity index (χ0) is 22.4. The van der Waals surface area contributed by atoms with Crippen LogP contribution in [0.25, 0.3) is 0 Å². The monoisotopic (exact) mass is 439 g/mol. The van der Waals surface area contributed by atoms with E-state index in [1.165, 1.54) is 5.56 Å². The summed E-state index contributed by atoms with van der Waals surface area (Å²) in [6.45, 7) is 3.80. The lowest BCUT2D eigenvalue weighted by atomic mass is 9.97. The van der Waals surface area contributed by atoms with Gasteiger partial charge in [-0.1, -0.05) is 6.07 Å². The van der Waals surface area contributed by atoms with E-state index in [-0.39, 0.29) is 11.3 Å². The largest absolute Gasteiger partial charge is 0.493 e. The minimum absolute atomic E-state index is 0.0466. The van der Waals surface area contributed by atoms with Crippen LogP contribution in [0.5, 0.6) is 5.75 Å². The summed E-state index contributed by atoms with van der Waals surface area (Å²) in [6, 6.07) is 9.15. The van der Waals surface area contributed by atoms with Gasteiger partial charge in [0.15, 0.2) is 0 Å². The van der Waals surface area contributed by atoms with Crippen LogP contribution in [0.3, 0.4) is 0 Å². The Bertz CT molecular complexity index is 820. The Balaban J connectivity index is 1.47. The molecule has 1 aromatic rings. The van der Waals surface area contributed by atoms with Gasteiger partial charge in [-0.15, -0.1) is 0 Å². The molecular weight excluding hydrogens is 402 g/mol. The standard InChI is InChI=1S/C26H37N3O3/c1-31-13-3-4-20-14-21(16-24(15-20)32-19-26(8-9-26)10-11-27)18-29(23-6-7-23)25(30)22-5-2-12-28-17-22/h14-16,22-23,28H,2-10,12-13,17-19H2,1H3/t22-/m1/s1. The van der Waals surface area contributed by atoms with Crippen molar-refractivity contribution in [1.82, 2.24) is 10.2 Å². The first-order chi connectivity index (χ1) is 15.6. The van der Waals surface area contributed by atoms with E-state index >= 15 is 0 Å². The van der Waals surface area contributed by atoms with Gasteiger partial charge < -0.3 is 19.7 Å². The molecule has 0 bridgehead atoms. The molecule has 0 spiro atoms. The number of amides is 1. The number of benzene rings is 1. The third-order valence-corrected chi connectivity index (χ3v) is 7.07. The van der Waals surface area contributed by atoms with Gasteiger partial charge in [0.2, 0.25) is 5.91 Å². The molecule has 1 aromatic carbocycles. The van der Waals surface area contributed by atoms with Crippen LogP contribution in [0.15, 0.2) is 18.2 Å². The van der Waals surface area contributed by atoms with Gasteiger partial charge in [-0.3, -0.25) is 4.79 Å². The predicted octanol–water partition coefficient (Wildman–Crippen LogP) is 3.83. The number of piperidine rings is 1. The van der Waals surface area contributed by atoms with Gasteiger partial charge in [-0.2, -0.15) is 5.26 Å². The van der Waals surface area contributed by atoms with Gasteiger partial charge in [-0.05, 0) is 81.2 Å². The normalized spacial score (nSPS) is 21.6. The smallest absolute Gasteiger partial charge is 0.227 e. The molecular formula is C26H37N3O3. The van der Waals surface area contributed by atoms with Crippen LogP contribution in [-0.2, 0) is 22.5 Å². The number of carbonyl (C=O) groups excluding carboxylic acids is 1. The van der Waals surface area contributed by atoms with E-state index in [9.17, 15) is 4.79 Å². The number of nitrogens with zero attached hydrogens (tertiary/aromatic N) is 2. The van der Waals surface area contributed by atoms with Crippen LogP contribution >= 0.6 is 0 Å². The SMILES string of the molecule is COCCCc1cc(CN(C(=O)[C@@H]2CCCNC2)C2CC2)cc(OCC2(CC#N)CC2)c1. The molecule has 1 atom stereocenters. The van der Waals surface area contributed by atoms with Crippen LogP contribution in [0.2, 0.25) is 0 Å². The minimum atomic E-state index is 0.0466. The highest BCUT2D eigenvalue weighted by Crippen LogP contribution is 2.48. The van der Waals surface area contributed by atoms with Crippen LogP contribution in [0.4, 0.5) is 0 Å². The minimum Gasteiger partial charge on any atom is -0.493 e. The molecule has 1 heterocycles. The van der Waals surface area contributed by atoms with Gasteiger partial charge in [0.05, 0.1) is 18.6 Å². The van der Waals surface area contributed by atoms with Crippen molar-refractivity contribution in [2.45, 2.75) is 70.4 Å². The summed E-state index contributed by atoms with van der Waals surface area (Å²) >= 11 is 0. The molecule has 6 heteroatoms. The van der Waals surface area contributed by atoms with Crippen molar-refractivity contribution in [2.24, 2.45) is 11.3 Å². The van der Waals surface area contributed by atoms with E-state index in [2.05, 4.69) is 34.5 Å². The van der Waals surface area contributed by atoms with E-state index in [0.717, 1.165) is 82.4 Å². The first-order valence-corrected chi connectivity index (χ1v) is 12.3. The molecule has 3 fully saturated rings. The third-order valence-electron chi connectivity index (χ3n) is 7.07. The lowest BCUT2D eigenvalue weighted by molar-refractivity contribution is -0.137. The molecule has 1 amide bonds. The predicted molar refractivity (Wildman–Crippen MR) is 123 cm³/mol. The molecule has 1 N–H and O–H groups in total. The highest BCUT2D eigenvalue weighted by molar-refractivity contribution is 5.80. The summed E-state index contributed by atoms with van der Waals surface area (Å²) in [7, 11) is 1.73. The molecule has 1 aliphatic heterocycles. The van der Waals surface area contributed by atoms with Gasteiger partial charge >= 0.3 is 0 Å². The lowest BCUT2D eigenvalue weighted by Gasteiger charge is -2.30. The molecule has 2 saturated carbocycles. The Morgan fingerprint density at radius 1 is 1.25 bits per heavy atom. The number of nitrogens with one attached hydrogen (secondary N) is 1. The molecule has 3 aliphatic rings. The van der Waals surface area contributed by atoms with E-state index < -0.39 is 0 Å². The number of hydrogen-bond donors (Lipinski definition) is 1. The summed E-state index contributed by atoms with van der Waals surface area (Å²) in [5, 5.41) is 12.5. The first kappa shape index (κ1) is 23.1. The molecule has 0 radical (unpaired) electrons. The topological polar surface area (TPSA) is 74.6 Å². The average Bonchev–Trinajstić information content (AvgIpc) is 3.73. The molecule has 6 nitrogen and oxygen atoms in total. The molecule has 1 saturated heterocycles. The number of rotatable bonds is 12. The van der Waals surface area contributed by atoms with E-state index in [1.54, 1.807) is 7.11 Å². The Hall–Kier alpha value is -2.10. The number of ether oxygens (including phenoxy) is 2. The second-order valence-corrected chi connectivity index (χ2v) is 9.95. The summed E-state index contributed by atoms with van der Waals surface area (Å²) in [5.41, 5.74) is 2.41.